The topological polar surface area (TPSA) is 88.2 Å². The van der Waals surface area contributed by atoms with Gasteiger partial charge in [0.25, 0.3) is 5.91 Å². The van der Waals surface area contributed by atoms with Gasteiger partial charge in [-0.2, -0.15) is 4.31 Å². The van der Waals surface area contributed by atoms with Crippen LogP contribution in [0.2, 0.25) is 0 Å². The fourth-order valence-electron chi connectivity index (χ4n) is 4.97. The van der Waals surface area contributed by atoms with Crippen LogP contribution in [-0.4, -0.2) is 64.1 Å². The first-order valence-corrected chi connectivity index (χ1v) is 14.0. The minimum Gasteiger partial charge on any atom is -0.486 e. The van der Waals surface area contributed by atoms with Crippen LogP contribution in [0.3, 0.4) is 0 Å². The van der Waals surface area contributed by atoms with Crippen LogP contribution in [0.5, 0.6) is 11.5 Å². The molecule has 0 radical (unpaired) electrons. The van der Waals surface area contributed by atoms with Crippen LogP contribution in [-0.2, 0) is 10.0 Å². The van der Waals surface area contributed by atoms with E-state index in [1.165, 1.54) is 0 Å². The number of para-hydroxylation sites is 2. The number of nitrogens with one attached hydrogen (secondary N) is 1. The van der Waals surface area contributed by atoms with Gasteiger partial charge in [0.05, 0.1) is 12.2 Å². The van der Waals surface area contributed by atoms with Gasteiger partial charge in [-0.25, -0.2) is 8.42 Å². The van der Waals surface area contributed by atoms with Gasteiger partial charge >= 0.3 is 0 Å². The van der Waals surface area contributed by atoms with Crippen LogP contribution in [0, 0.1) is 0 Å². The maximum Gasteiger partial charge on any atom is 0.251 e. The lowest BCUT2D eigenvalue weighted by Gasteiger charge is -2.33. The van der Waals surface area contributed by atoms with Crippen LogP contribution in [0.15, 0.2) is 47.4 Å². The summed E-state index contributed by atoms with van der Waals surface area (Å²) >= 11 is 0. The van der Waals surface area contributed by atoms with Crippen LogP contribution in [0.1, 0.15) is 48.9 Å². The third kappa shape index (κ3) is 5.26. The van der Waals surface area contributed by atoms with Gasteiger partial charge < -0.3 is 19.7 Å². The highest BCUT2D eigenvalue weighted by atomic mass is 32.2. The quantitative estimate of drug-likeness (QED) is 0.655. The second-order valence-electron chi connectivity index (χ2n) is 9.40. The molecule has 9 heteroatoms. The molecule has 1 unspecified atom stereocenters. The van der Waals surface area contributed by atoms with Gasteiger partial charge in [0.15, 0.2) is 11.5 Å². The maximum absolute atomic E-state index is 13.7. The number of hydrogen-bond acceptors (Lipinski definition) is 6. The highest BCUT2D eigenvalue weighted by Gasteiger charge is 2.31. The molecule has 2 fully saturated rings. The number of amides is 1. The number of piperidine rings is 2. The number of fused-ring (bicyclic) bond motifs is 1. The van der Waals surface area contributed by atoms with Crippen molar-refractivity contribution in [3.05, 3.63) is 48.0 Å². The van der Waals surface area contributed by atoms with Gasteiger partial charge in [0.1, 0.15) is 17.6 Å². The highest BCUT2D eigenvalue weighted by molar-refractivity contribution is 7.89. The smallest absolute Gasteiger partial charge is 0.251 e. The number of nitrogens with zero attached hydrogens (tertiary/aromatic N) is 2. The summed E-state index contributed by atoms with van der Waals surface area (Å²) < 4.78 is 40.6. The predicted molar refractivity (Wildman–Crippen MR) is 134 cm³/mol. The Bertz CT molecular complexity index is 1160. The maximum atomic E-state index is 13.7. The van der Waals surface area contributed by atoms with Crippen molar-refractivity contribution in [2.24, 2.45) is 0 Å². The molecule has 1 N–H and O–H groups in total. The summed E-state index contributed by atoms with van der Waals surface area (Å²) in [6.45, 7) is 3.30. The standard InChI is InChI=1S/C26H33N3O5S/c30-26(27-18-21-19-33-23-9-3-4-10-24(23)34-21)20-11-12-22(28-13-5-1-6-14-28)25(17-20)35(31,32)29-15-7-2-8-16-29/h3-4,9-12,17,21H,1-2,5-8,13-16,18-19H2,(H,27,30). The Balaban J connectivity index is 1.35. The summed E-state index contributed by atoms with van der Waals surface area (Å²) in [6, 6.07) is 12.5. The number of carbonyl (C=O) groups excluding carboxylic acids is 1. The lowest BCUT2D eigenvalue weighted by Crippen LogP contribution is -2.41. The van der Waals surface area contributed by atoms with Gasteiger partial charge in [-0.15, -0.1) is 0 Å². The van der Waals surface area contributed by atoms with E-state index < -0.39 is 10.0 Å². The van der Waals surface area contributed by atoms with Crippen molar-refractivity contribution in [1.82, 2.24) is 9.62 Å². The van der Waals surface area contributed by atoms with Crippen LogP contribution >= 0.6 is 0 Å². The number of carbonyl (C=O) groups is 1. The average molecular weight is 500 g/mol. The van der Waals surface area contributed by atoms with Gasteiger partial charge in [-0.1, -0.05) is 18.6 Å². The summed E-state index contributed by atoms with van der Waals surface area (Å²) in [5.74, 6) is 1.02. The number of hydrogen-bond donors (Lipinski definition) is 1. The fraction of sp³-hybridized carbons (Fsp3) is 0.500. The van der Waals surface area contributed by atoms with Gasteiger partial charge in [-0.3, -0.25) is 4.79 Å². The normalized spacial score (nSPS) is 20.9. The summed E-state index contributed by atoms with van der Waals surface area (Å²) in [4.78, 5) is 15.4. The lowest BCUT2D eigenvalue weighted by molar-refractivity contribution is 0.0789. The van der Waals surface area contributed by atoms with E-state index in [-0.39, 0.29) is 23.5 Å². The third-order valence-electron chi connectivity index (χ3n) is 6.91. The molecule has 0 spiro atoms. The molecule has 3 aliphatic heterocycles. The number of ether oxygens (including phenoxy) is 2. The van der Waals surface area contributed by atoms with E-state index in [1.54, 1.807) is 22.5 Å². The summed E-state index contributed by atoms with van der Waals surface area (Å²) in [6.07, 6.45) is 5.69. The number of rotatable bonds is 6. The molecule has 0 saturated carbocycles. The van der Waals surface area contributed by atoms with E-state index in [1.807, 2.05) is 24.3 Å². The Hall–Kier alpha value is -2.78. The SMILES string of the molecule is O=C(NCC1COc2ccccc2O1)c1ccc(N2CCCCC2)c(S(=O)(=O)N2CCCCC2)c1. The molecule has 1 atom stereocenters. The van der Waals surface area contributed by atoms with Gasteiger partial charge in [0, 0.05) is 31.7 Å². The zero-order valence-corrected chi connectivity index (χ0v) is 20.8. The molecule has 0 aromatic heterocycles. The summed E-state index contributed by atoms with van der Waals surface area (Å²) in [7, 11) is -3.70. The Morgan fingerprint density at radius 3 is 2.34 bits per heavy atom. The van der Waals surface area contributed by atoms with Crippen molar-refractivity contribution >= 4 is 21.6 Å². The van der Waals surface area contributed by atoms with E-state index in [9.17, 15) is 13.2 Å². The Labute approximate surface area is 207 Å². The molecule has 2 saturated heterocycles. The predicted octanol–water partition coefficient (Wildman–Crippen LogP) is 3.42. The average Bonchev–Trinajstić information content (AvgIpc) is 2.92. The highest BCUT2D eigenvalue weighted by Crippen LogP contribution is 2.33. The largest absolute Gasteiger partial charge is 0.486 e. The number of anilines is 1. The molecule has 5 rings (SSSR count). The monoisotopic (exact) mass is 499 g/mol. The Morgan fingerprint density at radius 2 is 1.60 bits per heavy atom. The zero-order chi connectivity index (χ0) is 24.3. The summed E-state index contributed by atoms with van der Waals surface area (Å²) in [5.41, 5.74) is 1.03. The van der Waals surface area contributed by atoms with E-state index in [4.69, 9.17) is 9.47 Å². The molecule has 3 aliphatic rings. The van der Waals surface area contributed by atoms with Crippen LogP contribution in [0.25, 0.3) is 0 Å². The molecule has 2 aromatic rings. The lowest BCUT2D eigenvalue weighted by atomic mass is 10.1. The first kappa shape index (κ1) is 23.9. The molecule has 3 heterocycles. The zero-order valence-electron chi connectivity index (χ0n) is 19.9. The van der Waals surface area contributed by atoms with Crippen molar-refractivity contribution in [1.29, 1.82) is 0 Å². The first-order valence-electron chi connectivity index (χ1n) is 12.6. The summed E-state index contributed by atoms with van der Waals surface area (Å²) in [5, 5.41) is 2.89. The molecular formula is C26H33N3O5S. The minimum absolute atomic E-state index is 0.236. The second kappa shape index (κ2) is 10.5. The molecule has 2 aromatic carbocycles. The molecule has 0 bridgehead atoms. The van der Waals surface area contributed by atoms with E-state index in [0.717, 1.165) is 51.6 Å². The molecule has 0 aliphatic carbocycles. The van der Waals surface area contributed by atoms with E-state index in [2.05, 4.69) is 10.2 Å². The Kier molecular flexibility index (Phi) is 7.15. The first-order chi connectivity index (χ1) is 17.0. The second-order valence-corrected chi connectivity index (χ2v) is 11.3. The number of sulfonamides is 1. The van der Waals surface area contributed by atoms with Crippen LogP contribution in [0.4, 0.5) is 5.69 Å². The number of benzene rings is 2. The Morgan fingerprint density at radius 1 is 0.914 bits per heavy atom. The van der Waals surface area contributed by atoms with E-state index in [0.29, 0.717) is 42.4 Å². The fourth-order valence-corrected chi connectivity index (χ4v) is 6.73. The van der Waals surface area contributed by atoms with Crippen molar-refractivity contribution in [3.63, 3.8) is 0 Å². The molecule has 1 amide bonds. The minimum atomic E-state index is -3.70. The van der Waals surface area contributed by atoms with Crippen molar-refractivity contribution in [3.8, 4) is 11.5 Å². The van der Waals surface area contributed by atoms with Crippen molar-refractivity contribution in [2.75, 3.05) is 44.2 Å². The molecule has 35 heavy (non-hydrogen) atoms. The van der Waals surface area contributed by atoms with Gasteiger partial charge in [-0.05, 0) is 62.4 Å². The molecular weight excluding hydrogens is 466 g/mol. The van der Waals surface area contributed by atoms with E-state index >= 15 is 0 Å². The van der Waals surface area contributed by atoms with Crippen molar-refractivity contribution in [2.45, 2.75) is 49.5 Å². The van der Waals surface area contributed by atoms with Gasteiger partial charge in [0.2, 0.25) is 10.0 Å². The molecule has 8 nitrogen and oxygen atoms in total. The van der Waals surface area contributed by atoms with Crippen LogP contribution < -0.4 is 19.7 Å². The molecule has 188 valence electrons. The van der Waals surface area contributed by atoms with Crippen molar-refractivity contribution < 1.29 is 22.7 Å². The third-order valence-corrected chi connectivity index (χ3v) is 8.84.